The van der Waals surface area contributed by atoms with E-state index in [1.54, 1.807) is 7.11 Å². The summed E-state index contributed by atoms with van der Waals surface area (Å²) in [5.41, 5.74) is 5.13. The van der Waals surface area contributed by atoms with Crippen LogP contribution >= 0.6 is 0 Å². The minimum atomic E-state index is -0.511. The second-order valence-corrected chi connectivity index (χ2v) is 7.87. The van der Waals surface area contributed by atoms with Gasteiger partial charge in [-0.15, -0.1) is 0 Å². The molecular formula is C25H23N3O2. The van der Waals surface area contributed by atoms with Gasteiger partial charge in [0, 0.05) is 29.2 Å². The number of aryl methyl sites for hydroxylation is 1. The molecule has 150 valence electrons. The topological polar surface area (TPSA) is 55.6 Å². The minimum Gasteiger partial charge on any atom is -0.496 e. The molecule has 1 fully saturated rings. The van der Waals surface area contributed by atoms with Crippen LogP contribution in [-0.4, -0.2) is 22.4 Å². The van der Waals surface area contributed by atoms with E-state index in [2.05, 4.69) is 18.3 Å². The summed E-state index contributed by atoms with van der Waals surface area (Å²) in [6.45, 7) is 2.05. The van der Waals surface area contributed by atoms with Crippen molar-refractivity contribution in [3.8, 4) is 17.0 Å². The number of nitrogens with zero attached hydrogens (tertiary/aromatic N) is 2. The number of anilines is 1. The molecule has 1 saturated carbocycles. The summed E-state index contributed by atoms with van der Waals surface area (Å²) in [6, 6.07) is 19.7. The van der Waals surface area contributed by atoms with Gasteiger partial charge < -0.3 is 14.5 Å². The van der Waals surface area contributed by atoms with Crippen LogP contribution in [0.25, 0.3) is 16.9 Å². The van der Waals surface area contributed by atoms with Crippen molar-refractivity contribution in [3.05, 3.63) is 84.2 Å². The van der Waals surface area contributed by atoms with Gasteiger partial charge in [0.25, 0.3) is 0 Å². The fraction of sp³-hybridized carbons (Fsp3) is 0.200. The van der Waals surface area contributed by atoms with Gasteiger partial charge in [-0.3, -0.25) is 4.79 Å². The lowest BCUT2D eigenvalue weighted by Gasteiger charge is -2.18. The van der Waals surface area contributed by atoms with Gasteiger partial charge in [-0.25, -0.2) is 4.98 Å². The number of hydrogen-bond donors (Lipinski definition) is 1. The molecule has 5 rings (SSSR count). The third-order valence-corrected chi connectivity index (χ3v) is 5.90. The molecule has 0 atom stereocenters. The van der Waals surface area contributed by atoms with Gasteiger partial charge in [-0.1, -0.05) is 36.4 Å². The lowest BCUT2D eigenvalue weighted by atomic mass is 9.93. The zero-order valence-electron chi connectivity index (χ0n) is 17.1. The Bertz CT molecular complexity index is 1250. The van der Waals surface area contributed by atoms with Crippen LogP contribution in [0.1, 0.15) is 24.0 Å². The van der Waals surface area contributed by atoms with Crippen LogP contribution < -0.4 is 10.1 Å². The van der Waals surface area contributed by atoms with E-state index >= 15 is 0 Å². The number of rotatable bonds is 5. The molecule has 1 aliphatic carbocycles. The van der Waals surface area contributed by atoms with Crippen molar-refractivity contribution in [2.75, 3.05) is 12.4 Å². The zero-order valence-corrected chi connectivity index (χ0v) is 17.1. The Hall–Kier alpha value is -3.60. The Morgan fingerprint density at radius 2 is 1.93 bits per heavy atom. The van der Waals surface area contributed by atoms with E-state index in [1.165, 1.54) is 0 Å². The number of hydrogen-bond acceptors (Lipinski definition) is 3. The van der Waals surface area contributed by atoms with Crippen molar-refractivity contribution >= 4 is 17.2 Å². The summed E-state index contributed by atoms with van der Waals surface area (Å²) in [6.07, 6.45) is 5.66. The standard InChI is InChI=1S/C25H23N3O2/c1-17-7-6-14-28-16-21(27-23(17)28)18-8-5-9-19(15-18)26-24(29)25(12-13-25)20-10-3-4-11-22(20)30-2/h3-11,14-16H,12-13H2,1-2H3,(H,26,29). The normalized spacial score (nSPS) is 14.5. The Morgan fingerprint density at radius 1 is 1.10 bits per heavy atom. The molecule has 0 aliphatic heterocycles. The van der Waals surface area contributed by atoms with Gasteiger partial charge in [0.2, 0.25) is 5.91 Å². The molecule has 2 aromatic carbocycles. The van der Waals surface area contributed by atoms with Crippen molar-refractivity contribution in [1.82, 2.24) is 9.38 Å². The number of methoxy groups -OCH3 is 1. The summed E-state index contributed by atoms with van der Waals surface area (Å²) in [5.74, 6) is 0.772. The molecule has 5 heteroatoms. The van der Waals surface area contributed by atoms with Gasteiger partial charge >= 0.3 is 0 Å². The first-order valence-corrected chi connectivity index (χ1v) is 10.1. The van der Waals surface area contributed by atoms with E-state index in [1.807, 2.05) is 71.4 Å². The first-order chi connectivity index (χ1) is 14.6. The number of fused-ring (bicyclic) bond motifs is 1. The molecule has 0 unspecified atom stereocenters. The number of imidazole rings is 1. The molecule has 0 spiro atoms. The molecule has 30 heavy (non-hydrogen) atoms. The van der Waals surface area contributed by atoms with Crippen LogP contribution in [0.4, 0.5) is 5.69 Å². The maximum atomic E-state index is 13.2. The fourth-order valence-corrected chi connectivity index (χ4v) is 4.08. The Balaban J connectivity index is 1.43. The summed E-state index contributed by atoms with van der Waals surface area (Å²) in [5, 5.41) is 3.12. The fourth-order valence-electron chi connectivity index (χ4n) is 4.08. The van der Waals surface area contributed by atoms with Crippen LogP contribution in [0, 0.1) is 6.92 Å². The molecule has 2 heterocycles. The second kappa shape index (κ2) is 7.02. The van der Waals surface area contributed by atoms with Crippen molar-refractivity contribution < 1.29 is 9.53 Å². The number of aromatic nitrogens is 2. The van der Waals surface area contributed by atoms with Gasteiger partial charge in [0.1, 0.15) is 11.4 Å². The zero-order chi connectivity index (χ0) is 20.7. The average molecular weight is 397 g/mol. The molecule has 5 nitrogen and oxygen atoms in total. The van der Waals surface area contributed by atoms with Crippen molar-refractivity contribution in [2.45, 2.75) is 25.2 Å². The molecule has 2 aromatic heterocycles. The lowest BCUT2D eigenvalue weighted by Crippen LogP contribution is -2.28. The number of amides is 1. The Kier molecular flexibility index (Phi) is 4.31. The van der Waals surface area contributed by atoms with Crippen molar-refractivity contribution in [2.24, 2.45) is 0 Å². The highest BCUT2D eigenvalue weighted by atomic mass is 16.5. The molecule has 4 aromatic rings. The highest BCUT2D eigenvalue weighted by Gasteiger charge is 2.52. The maximum Gasteiger partial charge on any atom is 0.235 e. The molecule has 1 amide bonds. The molecule has 0 bridgehead atoms. The Labute approximate surface area is 175 Å². The highest BCUT2D eigenvalue weighted by Crippen LogP contribution is 2.52. The van der Waals surface area contributed by atoms with E-state index < -0.39 is 5.41 Å². The van der Waals surface area contributed by atoms with Crippen LogP contribution in [0.5, 0.6) is 5.75 Å². The van der Waals surface area contributed by atoms with Crippen LogP contribution in [-0.2, 0) is 10.2 Å². The predicted molar refractivity (Wildman–Crippen MR) is 118 cm³/mol. The summed E-state index contributed by atoms with van der Waals surface area (Å²) in [4.78, 5) is 18.0. The minimum absolute atomic E-state index is 0.00926. The first kappa shape index (κ1) is 18.4. The number of benzene rings is 2. The third-order valence-electron chi connectivity index (χ3n) is 5.90. The van der Waals surface area contributed by atoms with Gasteiger partial charge in [0.05, 0.1) is 18.2 Å². The maximum absolute atomic E-state index is 13.2. The third kappa shape index (κ3) is 3.03. The second-order valence-electron chi connectivity index (χ2n) is 7.87. The van der Waals surface area contributed by atoms with E-state index in [0.29, 0.717) is 0 Å². The smallest absolute Gasteiger partial charge is 0.235 e. The van der Waals surface area contributed by atoms with Gasteiger partial charge in [-0.05, 0) is 49.6 Å². The van der Waals surface area contributed by atoms with Crippen LogP contribution in [0.15, 0.2) is 73.1 Å². The summed E-state index contributed by atoms with van der Waals surface area (Å²) in [7, 11) is 1.65. The molecule has 0 saturated heterocycles. The van der Waals surface area contributed by atoms with E-state index in [-0.39, 0.29) is 5.91 Å². The quantitative estimate of drug-likeness (QED) is 0.516. The summed E-state index contributed by atoms with van der Waals surface area (Å²) < 4.78 is 7.52. The average Bonchev–Trinajstić information content (AvgIpc) is 3.46. The monoisotopic (exact) mass is 397 g/mol. The number of ether oxygens (including phenoxy) is 1. The summed E-state index contributed by atoms with van der Waals surface area (Å²) >= 11 is 0. The predicted octanol–water partition coefficient (Wildman–Crippen LogP) is 4.99. The van der Waals surface area contributed by atoms with E-state index in [0.717, 1.165) is 52.3 Å². The number of para-hydroxylation sites is 1. The van der Waals surface area contributed by atoms with Crippen LogP contribution in [0.2, 0.25) is 0 Å². The molecular weight excluding hydrogens is 374 g/mol. The molecule has 0 radical (unpaired) electrons. The van der Waals surface area contributed by atoms with Crippen molar-refractivity contribution in [3.63, 3.8) is 0 Å². The van der Waals surface area contributed by atoms with Gasteiger partial charge in [0.15, 0.2) is 0 Å². The molecule has 1 aliphatic rings. The largest absolute Gasteiger partial charge is 0.496 e. The van der Waals surface area contributed by atoms with Crippen LogP contribution in [0.3, 0.4) is 0 Å². The highest BCUT2D eigenvalue weighted by molar-refractivity contribution is 6.02. The molecule has 1 N–H and O–H groups in total. The van der Waals surface area contributed by atoms with Crippen molar-refractivity contribution in [1.29, 1.82) is 0 Å². The van der Waals surface area contributed by atoms with Gasteiger partial charge in [-0.2, -0.15) is 0 Å². The number of carbonyl (C=O) groups is 1. The Morgan fingerprint density at radius 3 is 2.70 bits per heavy atom. The lowest BCUT2D eigenvalue weighted by molar-refractivity contribution is -0.118. The number of pyridine rings is 1. The van der Waals surface area contributed by atoms with E-state index in [4.69, 9.17) is 9.72 Å². The number of carbonyl (C=O) groups excluding carboxylic acids is 1. The first-order valence-electron chi connectivity index (χ1n) is 10.1. The van der Waals surface area contributed by atoms with E-state index in [9.17, 15) is 4.79 Å². The SMILES string of the molecule is COc1ccccc1C1(C(=O)Nc2cccc(-c3cn4cccc(C)c4n3)c2)CC1. The number of nitrogens with one attached hydrogen (secondary N) is 1.